The predicted molar refractivity (Wildman–Crippen MR) is 68.6 cm³/mol. The van der Waals surface area contributed by atoms with Gasteiger partial charge in [-0.2, -0.15) is 0 Å². The summed E-state index contributed by atoms with van der Waals surface area (Å²) in [6.07, 6.45) is 0. The van der Waals surface area contributed by atoms with E-state index in [9.17, 15) is 0 Å². The van der Waals surface area contributed by atoms with Gasteiger partial charge < -0.3 is 0 Å². The smallest absolute Gasteiger partial charge is 0.0345 e. The van der Waals surface area contributed by atoms with Crippen LogP contribution in [0.5, 0.6) is 0 Å². The number of benzene rings is 1. The number of fused-ring (bicyclic) bond motifs is 1. The fourth-order valence-corrected chi connectivity index (χ4v) is 3.03. The molecule has 0 saturated carbocycles. The van der Waals surface area contributed by atoms with Gasteiger partial charge in [-0.25, -0.2) is 0 Å². The average molecular weight is 269 g/mol. The lowest BCUT2D eigenvalue weighted by molar-refractivity contribution is 0.621. The lowest BCUT2D eigenvalue weighted by Gasteiger charge is -2.19. The number of alkyl halides is 1. The minimum Gasteiger partial charge on any atom is -0.140 e. The zero-order valence-electron chi connectivity index (χ0n) is 8.38. The average Bonchev–Trinajstić information content (AvgIpc) is 2.61. The van der Waals surface area contributed by atoms with Crippen LogP contribution in [0.15, 0.2) is 30.3 Å². The van der Waals surface area contributed by atoms with Crippen LogP contribution in [0.3, 0.4) is 0 Å². The molecule has 0 aliphatic carbocycles. The monoisotopic (exact) mass is 268 g/mol. The summed E-state index contributed by atoms with van der Waals surface area (Å²) < 4.78 is 1.39. The Bertz CT molecular complexity index is 409. The van der Waals surface area contributed by atoms with Crippen molar-refractivity contribution in [2.45, 2.75) is 19.3 Å². The summed E-state index contributed by atoms with van der Waals surface area (Å²) in [5, 5.41) is 2.37. The summed E-state index contributed by atoms with van der Waals surface area (Å²) >= 11 is 5.47. The molecule has 0 N–H and O–H groups in total. The number of hydrogen-bond donors (Lipinski definition) is 0. The SMILES string of the molecule is CC(C)(CBr)c1cc2ccccc2s1. The van der Waals surface area contributed by atoms with E-state index in [1.807, 2.05) is 11.3 Å². The summed E-state index contributed by atoms with van der Waals surface area (Å²) in [6, 6.07) is 10.9. The zero-order chi connectivity index (χ0) is 10.2. The van der Waals surface area contributed by atoms with Gasteiger partial charge in [0, 0.05) is 20.3 Å². The highest BCUT2D eigenvalue weighted by Crippen LogP contribution is 2.35. The molecule has 1 aromatic carbocycles. The van der Waals surface area contributed by atoms with E-state index in [0.717, 1.165) is 5.33 Å². The summed E-state index contributed by atoms with van der Waals surface area (Å²) in [5.41, 5.74) is 0.240. The molecular weight excluding hydrogens is 256 g/mol. The van der Waals surface area contributed by atoms with E-state index in [-0.39, 0.29) is 5.41 Å². The first-order valence-corrected chi connectivity index (χ1v) is 6.62. The first-order chi connectivity index (χ1) is 6.63. The molecule has 2 aromatic rings. The lowest BCUT2D eigenvalue weighted by atomic mass is 9.94. The molecule has 14 heavy (non-hydrogen) atoms. The molecule has 0 radical (unpaired) electrons. The second-order valence-corrected chi connectivity index (χ2v) is 5.81. The molecule has 0 nitrogen and oxygen atoms in total. The Kier molecular flexibility index (Phi) is 2.67. The molecule has 2 heteroatoms. The van der Waals surface area contributed by atoms with Crippen molar-refractivity contribution in [3.05, 3.63) is 35.2 Å². The zero-order valence-corrected chi connectivity index (χ0v) is 10.8. The van der Waals surface area contributed by atoms with Crippen molar-refractivity contribution in [2.24, 2.45) is 0 Å². The molecule has 2 rings (SSSR count). The van der Waals surface area contributed by atoms with Crippen LogP contribution in [0.1, 0.15) is 18.7 Å². The fourth-order valence-electron chi connectivity index (χ4n) is 1.38. The van der Waals surface area contributed by atoms with Gasteiger partial charge >= 0.3 is 0 Å². The molecule has 74 valence electrons. The van der Waals surface area contributed by atoms with Crippen LogP contribution in [-0.4, -0.2) is 5.33 Å². The van der Waals surface area contributed by atoms with Gasteiger partial charge in [-0.3, -0.25) is 0 Å². The van der Waals surface area contributed by atoms with Gasteiger partial charge in [0.2, 0.25) is 0 Å². The largest absolute Gasteiger partial charge is 0.140 e. The van der Waals surface area contributed by atoms with E-state index in [1.54, 1.807) is 0 Å². The van der Waals surface area contributed by atoms with Crippen molar-refractivity contribution < 1.29 is 0 Å². The Hall–Kier alpha value is -0.340. The fraction of sp³-hybridized carbons (Fsp3) is 0.333. The summed E-state index contributed by atoms with van der Waals surface area (Å²) in [6.45, 7) is 4.54. The maximum absolute atomic E-state index is 3.57. The van der Waals surface area contributed by atoms with Crippen LogP contribution in [0.4, 0.5) is 0 Å². The number of hydrogen-bond acceptors (Lipinski definition) is 1. The minimum atomic E-state index is 0.240. The van der Waals surface area contributed by atoms with Crippen molar-refractivity contribution in [1.82, 2.24) is 0 Å². The molecule has 0 bridgehead atoms. The second kappa shape index (κ2) is 3.67. The standard InChI is InChI=1S/C12H13BrS/c1-12(2,8-13)11-7-9-5-3-4-6-10(9)14-11/h3-7H,8H2,1-2H3. The van der Waals surface area contributed by atoms with Gasteiger partial charge in [0.15, 0.2) is 0 Å². The molecule has 0 aliphatic heterocycles. The van der Waals surface area contributed by atoms with E-state index in [1.165, 1.54) is 15.0 Å². The topological polar surface area (TPSA) is 0 Å². The highest BCUT2D eigenvalue weighted by molar-refractivity contribution is 9.09. The van der Waals surface area contributed by atoms with Crippen molar-refractivity contribution in [1.29, 1.82) is 0 Å². The van der Waals surface area contributed by atoms with E-state index in [4.69, 9.17) is 0 Å². The van der Waals surface area contributed by atoms with Crippen molar-refractivity contribution >= 4 is 37.4 Å². The summed E-state index contributed by atoms with van der Waals surface area (Å²) in [5.74, 6) is 0. The third-order valence-corrected chi connectivity index (χ3v) is 5.31. The predicted octanol–water partition coefficient (Wildman–Crippen LogP) is 4.57. The molecule has 0 amide bonds. The molecule has 1 heterocycles. The van der Waals surface area contributed by atoms with Gasteiger partial charge in [0.1, 0.15) is 0 Å². The Labute approximate surface area is 97.1 Å². The molecule has 0 saturated heterocycles. The summed E-state index contributed by atoms with van der Waals surface area (Å²) in [4.78, 5) is 1.45. The number of thiophene rings is 1. The Morgan fingerprint density at radius 3 is 2.64 bits per heavy atom. The second-order valence-electron chi connectivity index (χ2n) is 4.17. The van der Waals surface area contributed by atoms with Gasteiger partial charge in [-0.15, -0.1) is 11.3 Å². The highest BCUT2D eigenvalue weighted by atomic mass is 79.9. The molecule has 1 aromatic heterocycles. The Morgan fingerprint density at radius 2 is 2.00 bits per heavy atom. The quantitative estimate of drug-likeness (QED) is 0.700. The summed E-state index contributed by atoms with van der Waals surface area (Å²) in [7, 11) is 0. The van der Waals surface area contributed by atoms with E-state index in [0.29, 0.717) is 0 Å². The van der Waals surface area contributed by atoms with Gasteiger partial charge in [-0.05, 0) is 17.5 Å². The van der Waals surface area contributed by atoms with Crippen molar-refractivity contribution in [3.63, 3.8) is 0 Å². The number of rotatable bonds is 2. The van der Waals surface area contributed by atoms with Crippen LogP contribution in [0.25, 0.3) is 10.1 Å². The van der Waals surface area contributed by atoms with Crippen LogP contribution in [-0.2, 0) is 5.41 Å². The number of halogens is 1. The normalized spacial score (nSPS) is 12.2. The van der Waals surface area contributed by atoms with Gasteiger partial charge in [-0.1, -0.05) is 48.0 Å². The molecule has 0 unspecified atom stereocenters. The molecule has 0 spiro atoms. The molecule has 0 aliphatic rings. The Balaban J connectivity index is 2.55. The minimum absolute atomic E-state index is 0.240. The van der Waals surface area contributed by atoms with Crippen LogP contribution in [0.2, 0.25) is 0 Å². The van der Waals surface area contributed by atoms with Gasteiger partial charge in [0.25, 0.3) is 0 Å². The Morgan fingerprint density at radius 1 is 1.29 bits per heavy atom. The van der Waals surface area contributed by atoms with Gasteiger partial charge in [0.05, 0.1) is 0 Å². The molecule has 0 atom stereocenters. The maximum Gasteiger partial charge on any atom is 0.0345 e. The first-order valence-electron chi connectivity index (χ1n) is 4.68. The van der Waals surface area contributed by atoms with E-state index < -0.39 is 0 Å². The third-order valence-electron chi connectivity index (χ3n) is 2.43. The first kappa shape index (κ1) is 10.2. The van der Waals surface area contributed by atoms with E-state index >= 15 is 0 Å². The van der Waals surface area contributed by atoms with Crippen molar-refractivity contribution in [2.75, 3.05) is 5.33 Å². The lowest BCUT2D eigenvalue weighted by Crippen LogP contribution is -2.16. The highest BCUT2D eigenvalue weighted by Gasteiger charge is 2.21. The van der Waals surface area contributed by atoms with Crippen LogP contribution < -0.4 is 0 Å². The molecule has 0 fully saturated rings. The van der Waals surface area contributed by atoms with Crippen molar-refractivity contribution in [3.8, 4) is 0 Å². The van der Waals surface area contributed by atoms with Crippen LogP contribution in [0, 0.1) is 0 Å². The third kappa shape index (κ3) is 1.73. The molecular formula is C12H13BrS. The maximum atomic E-state index is 3.57. The van der Waals surface area contributed by atoms with E-state index in [2.05, 4.69) is 60.1 Å². The van der Waals surface area contributed by atoms with Crippen LogP contribution >= 0.6 is 27.3 Å².